The summed E-state index contributed by atoms with van der Waals surface area (Å²) in [4.78, 5) is 8.84. The zero-order valence-electron chi connectivity index (χ0n) is 13.3. The Labute approximate surface area is 147 Å². The second kappa shape index (κ2) is 8.58. The number of imidazole rings is 1. The molecule has 0 radical (unpaired) electrons. The highest BCUT2D eigenvalue weighted by Gasteiger charge is 2.06. The van der Waals surface area contributed by atoms with Gasteiger partial charge in [0.2, 0.25) is 6.33 Å². The van der Waals surface area contributed by atoms with Crippen LogP contribution in [0.3, 0.4) is 0 Å². The van der Waals surface area contributed by atoms with Gasteiger partial charge in [0.1, 0.15) is 18.9 Å². The van der Waals surface area contributed by atoms with E-state index in [9.17, 15) is 0 Å². The van der Waals surface area contributed by atoms with Crippen molar-refractivity contribution in [3.05, 3.63) is 67.0 Å². The summed E-state index contributed by atoms with van der Waals surface area (Å²) in [5.74, 6) is 0. The van der Waals surface area contributed by atoms with Crippen LogP contribution in [0.1, 0.15) is 25.3 Å². The fraction of sp³-hybridized carbons (Fsp3) is 0.278. The Morgan fingerprint density at radius 3 is 2.65 bits per heavy atom. The average Bonchev–Trinajstić information content (AvgIpc) is 3.02. The number of aromatic nitrogens is 4. The van der Waals surface area contributed by atoms with Crippen molar-refractivity contribution in [2.24, 2.45) is 0 Å². The standard InChI is InChI=1S/C18H21N4.BrH/c1-2-3-10-21-11-12-22(15-21)14-16-7-8-18(20-13-16)17-6-4-5-9-19-17;/h4-9,11-13,15H,2-3,10,14H2,1H3;1H/q+1;/p-1. The second-order valence-electron chi connectivity index (χ2n) is 5.44. The molecule has 3 aromatic heterocycles. The minimum atomic E-state index is 0. The monoisotopic (exact) mass is 372 g/mol. The maximum atomic E-state index is 4.52. The molecule has 0 fully saturated rings. The maximum absolute atomic E-state index is 4.52. The van der Waals surface area contributed by atoms with Gasteiger partial charge in [0.05, 0.1) is 17.9 Å². The third kappa shape index (κ3) is 4.73. The quantitative estimate of drug-likeness (QED) is 0.574. The molecule has 3 aromatic rings. The summed E-state index contributed by atoms with van der Waals surface area (Å²) >= 11 is 0. The first kappa shape index (κ1) is 17.3. The lowest BCUT2D eigenvalue weighted by molar-refractivity contribution is -0.687. The molecule has 0 N–H and O–H groups in total. The number of nitrogens with zero attached hydrogens (tertiary/aromatic N) is 4. The number of rotatable bonds is 6. The van der Waals surface area contributed by atoms with E-state index in [1.807, 2.05) is 30.5 Å². The average molecular weight is 373 g/mol. The minimum absolute atomic E-state index is 0. The van der Waals surface area contributed by atoms with Crippen LogP contribution in [0.4, 0.5) is 0 Å². The van der Waals surface area contributed by atoms with Gasteiger partial charge in [0.15, 0.2) is 0 Å². The molecule has 0 unspecified atom stereocenters. The van der Waals surface area contributed by atoms with Crippen LogP contribution in [0, 0.1) is 0 Å². The Morgan fingerprint density at radius 2 is 1.96 bits per heavy atom. The highest BCUT2D eigenvalue weighted by Crippen LogP contribution is 2.13. The smallest absolute Gasteiger partial charge is 0.244 e. The van der Waals surface area contributed by atoms with Gasteiger partial charge in [-0.15, -0.1) is 0 Å². The predicted molar refractivity (Wildman–Crippen MR) is 86.1 cm³/mol. The molecular weight excluding hydrogens is 352 g/mol. The van der Waals surface area contributed by atoms with Crippen molar-refractivity contribution >= 4 is 0 Å². The summed E-state index contributed by atoms with van der Waals surface area (Å²) in [6.45, 7) is 4.14. The molecule has 0 aliphatic rings. The van der Waals surface area contributed by atoms with Crippen LogP contribution in [0.2, 0.25) is 0 Å². The number of halogens is 1. The highest BCUT2D eigenvalue weighted by molar-refractivity contribution is 5.53. The summed E-state index contributed by atoms with van der Waals surface area (Å²) in [7, 11) is 0. The van der Waals surface area contributed by atoms with E-state index in [0.717, 1.165) is 24.5 Å². The lowest BCUT2D eigenvalue weighted by atomic mass is 10.2. The van der Waals surface area contributed by atoms with Gasteiger partial charge in [-0.1, -0.05) is 25.5 Å². The normalized spacial score (nSPS) is 10.3. The fourth-order valence-electron chi connectivity index (χ4n) is 2.40. The van der Waals surface area contributed by atoms with Gasteiger partial charge in [-0.05, 0) is 24.6 Å². The zero-order chi connectivity index (χ0) is 15.2. The van der Waals surface area contributed by atoms with Gasteiger partial charge in [-0.2, -0.15) is 0 Å². The Hall–Kier alpha value is -2.01. The summed E-state index contributed by atoms with van der Waals surface area (Å²) in [5.41, 5.74) is 3.01. The van der Waals surface area contributed by atoms with Crippen LogP contribution in [-0.4, -0.2) is 14.5 Å². The van der Waals surface area contributed by atoms with Crippen molar-refractivity contribution in [2.45, 2.75) is 32.9 Å². The minimum Gasteiger partial charge on any atom is -1.00 e. The highest BCUT2D eigenvalue weighted by atomic mass is 79.9. The lowest BCUT2D eigenvalue weighted by Gasteiger charge is -2.01. The van der Waals surface area contributed by atoms with Gasteiger partial charge < -0.3 is 17.0 Å². The topological polar surface area (TPSA) is 34.6 Å². The van der Waals surface area contributed by atoms with E-state index in [1.165, 1.54) is 18.4 Å². The molecule has 120 valence electrons. The molecule has 0 atom stereocenters. The van der Waals surface area contributed by atoms with Crippen molar-refractivity contribution in [1.82, 2.24) is 14.5 Å². The van der Waals surface area contributed by atoms with Crippen LogP contribution in [0.15, 0.2) is 61.4 Å². The Balaban J connectivity index is 0.00000192. The molecule has 3 heterocycles. The Bertz CT molecular complexity index is 707. The molecule has 0 saturated heterocycles. The number of aryl methyl sites for hydroxylation is 1. The van der Waals surface area contributed by atoms with Gasteiger partial charge in [0, 0.05) is 18.0 Å². The Kier molecular flexibility index (Phi) is 6.47. The summed E-state index contributed by atoms with van der Waals surface area (Å²) < 4.78 is 4.42. The predicted octanol–water partition coefficient (Wildman–Crippen LogP) is 0.0850. The largest absolute Gasteiger partial charge is 1.00 e. The molecule has 23 heavy (non-hydrogen) atoms. The van der Waals surface area contributed by atoms with Gasteiger partial charge >= 0.3 is 0 Å². The van der Waals surface area contributed by atoms with Crippen molar-refractivity contribution in [2.75, 3.05) is 0 Å². The van der Waals surface area contributed by atoms with Gasteiger partial charge in [0.25, 0.3) is 0 Å². The number of unbranched alkanes of at least 4 members (excludes halogenated alkanes) is 1. The molecule has 0 aliphatic heterocycles. The van der Waals surface area contributed by atoms with E-state index in [2.05, 4.69) is 50.8 Å². The molecule has 0 bridgehead atoms. The third-order valence-corrected chi connectivity index (χ3v) is 3.63. The van der Waals surface area contributed by atoms with E-state index in [-0.39, 0.29) is 17.0 Å². The van der Waals surface area contributed by atoms with Crippen molar-refractivity contribution in [1.29, 1.82) is 0 Å². The van der Waals surface area contributed by atoms with Gasteiger partial charge in [-0.3, -0.25) is 9.97 Å². The summed E-state index contributed by atoms with van der Waals surface area (Å²) in [6, 6.07) is 10.0. The van der Waals surface area contributed by atoms with E-state index in [1.54, 1.807) is 6.20 Å². The summed E-state index contributed by atoms with van der Waals surface area (Å²) in [5, 5.41) is 0. The first-order valence-electron chi connectivity index (χ1n) is 7.76. The first-order valence-corrected chi connectivity index (χ1v) is 7.76. The van der Waals surface area contributed by atoms with Crippen LogP contribution in [-0.2, 0) is 13.1 Å². The third-order valence-electron chi connectivity index (χ3n) is 3.63. The van der Waals surface area contributed by atoms with E-state index >= 15 is 0 Å². The van der Waals surface area contributed by atoms with Crippen LogP contribution in [0.5, 0.6) is 0 Å². The lowest BCUT2D eigenvalue weighted by Crippen LogP contribution is -3.00. The van der Waals surface area contributed by atoms with Gasteiger partial charge in [-0.25, -0.2) is 9.13 Å². The van der Waals surface area contributed by atoms with Crippen LogP contribution in [0.25, 0.3) is 11.4 Å². The SMILES string of the molecule is CCCCn1cc[n+](Cc2ccc(-c3ccccn3)nc2)c1.[Br-]. The maximum Gasteiger partial charge on any atom is 0.244 e. The van der Waals surface area contributed by atoms with E-state index in [4.69, 9.17) is 0 Å². The molecule has 0 saturated carbocycles. The Morgan fingerprint density at radius 1 is 1.09 bits per heavy atom. The number of hydrogen-bond donors (Lipinski definition) is 0. The molecule has 0 aromatic carbocycles. The second-order valence-corrected chi connectivity index (χ2v) is 5.44. The van der Waals surface area contributed by atoms with Crippen LogP contribution < -0.4 is 21.5 Å². The summed E-state index contributed by atoms with van der Waals surface area (Å²) in [6.07, 6.45) is 12.6. The van der Waals surface area contributed by atoms with Crippen molar-refractivity contribution in [3.63, 3.8) is 0 Å². The first-order chi connectivity index (χ1) is 10.8. The van der Waals surface area contributed by atoms with Crippen LogP contribution >= 0.6 is 0 Å². The van der Waals surface area contributed by atoms with Crippen molar-refractivity contribution in [3.8, 4) is 11.4 Å². The van der Waals surface area contributed by atoms with E-state index in [0.29, 0.717) is 0 Å². The van der Waals surface area contributed by atoms with E-state index < -0.39 is 0 Å². The fourth-order valence-corrected chi connectivity index (χ4v) is 2.40. The zero-order valence-corrected chi connectivity index (χ0v) is 14.9. The molecule has 3 rings (SSSR count). The number of pyridine rings is 2. The molecule has 4 nitrogen and oxygen atoms in total. The number of hydrogen-bond acceptors (Lipinski definition) is 2. The molecule has 0 aliphatic carbocycles. The van der Waals surface area contributed by atoms with Crippen molar-refractivity contribution < 1.29 is 21.5 Å². The molecule has 5 heteroatoms. The molecule has 0 spiro atoms. The molecule has 0 amide bonds. The molecular formula is C18H21BrN4.